The fourth-order valence-corrected chi connectivity index (χ4v) is 2.50. The molecule has 1 heterocycles. The fraction of sp³-hybridized carbons (Fsp3) is 0.500. The molecule has 2 rings (SSSR count). The quantitative estimate of drug-likeness (QED) is 0.805. The molecule has 2 aromatic rings. The van der Waals surface area contributed by atoms with Crippen molar-refractivity contribution >= 4 is 11.6 Å². The maximum atomic E-state index is 6.25. The van der Waals surface area contributed by atoms with Crippen molar-refractivity contribution in [2.24, 2.45) is 5.92 Å². The van der Waals surface area contributed by atoms with Crippen LogP contribution in [0.3, 0.4) is 0 Å². The number of halogens is 1. The summed E-state index contributed by atoms with van der Waals surface area (Å²) in [7, 11) is 2.03. The van der Waals surface area contributed by atoms with E-state index >= 15 is 0 Å². The van der Waals surface area contributed by atoms with E-state index in [9.17, 15) is 0 Å². The first-order chi connectivity index (χ1) is 9.97. The Hall–Kier alpha value is -1.39. The van der Waals surface area contributed by atoms with Gasteiger partial charge in [-0.1, -0.05) is 48.8 Å². The van der Waals surface area contributed by atoms with E-state index < -0.39 is 0 Å². The van der Waals surface area contributed by atoms with Gasteiger partial charge >= 0.3 is 0 Å². The summed E-state index contributed by atoms with van der Waals surface area (Å²) in [6, 6.07) is 8.07. The van der Waals surface area contributed by atoms with Crippen molar-refractivity contribution in [3.8, 4) is 0 Å². The molecule has 21 heavy (non-hydrogen) atoms. The Morgan fingerprint density at radius 3 is 2.62 bits per heavy atom. The predicted molar refractivity (Wildman–Crippen MR) is 84.2 cm³/mol. The number of hydrogen-bond donors (Lipinski definition) is 0. The van der Waals surface area contributed by atoms with Crippen LogP contribution in [-0.4, -0.2) is 22.1 Å². The zero-order valence-electron chi connectivity index (χ0n) is 13.0. The molecule has 0 saturated heterocycles. The van der Waals surface area contributed by atoms with Gasteiger partial charge in [0.05, 0.1) is 6.54 Å². The molecule has 0 radical (unpaired) electrons. The van der Waals surface area contributed by atoms with Crippen LogP contribution in [-0.2, 0) is 13.0 Å². The minimum Gasteiger partial charge on any atom is -0.338 e. The zero-order chi connectivity index (χ0) is 15.4. The lowest BCUT2D eigenvalue weighted by atomic mass is 10.1. The van der Waals surface area contributed by atoms with E-state index in [4.69, 9.17) is 16.1 Å². The smallest absolute Gasteiger partial charge is 0.240 e. The normalized spacial score (nSPS) is 13.1. The van der Waals surface area contributed by atoms with Crippen LogP contribution in [0, 0.1) is 5.92 Å². The van der Waals surface area contributed by atoms with Crippen molar-refractivity contribution < 1.29 is 4.52 Å². The molecule has 1 aromatic carbocycles. The first kappa shape index (κ1) is 16.0. The Morgan fingerprint density at radius 2 is 1.95 bits per heavy atom. The van der Waals surface area contributed by atoms with Gasteiger partial charge in [-0.25, -0.2) is 0 Å². The van der Waals surface area contributed by atoms with Crippen LogP contribution in [0.5, 0.6) is 0 Å². The van der Waals surface area contributed by atoms with Crippen molar-refractivity contribution in [2.75, 3.05) is 7.05 Å². The maximum Gasteiger partial charge on any atom is 0.240 e. The molecule has 0 bridgehead atoms. The highest BCUT2D eigenvalue weighted by Gasteiger charge is 2.17. The average molecular weight is 308 g/mol. The number of aromatic nitrogens is 2. The van der Waals surface area contributed by atoms with Gasteiger partial charge in [0.25, 0.3) is 0 Å². The highest BCUT2D eigenvalue weighted by atomic mass is 35.5. The van der Waals surface area contributed by atoms with Crippen LogP contribution in [0.25, 0.3) is 0 Å². The Balaban J connectivity index is 2.02. The molecule has 0 saturated carbocycles. The lowest BCUT2D eigenvalue weighted by Crippen LogP contribution is -2.22. The molecule has 1 aromatic heterocycles. The van der Waals surface area contributed by atoms with Crippen molar-refractivity contribution in [2.45, 2.75) is 39.8 Å². The zero-order valence-corrected chi connectivity index (χ0v) is 13.8. The number of benzene rings is 1. The van der Waals surface area contributed by atoms with E-state index in [1.54, 1.807) is 0 Å². The van der Waals surface area contributed by atoms with Crippen LogP contribution in [0.1, 0.15) is 44.1 Å². The van der Waals surface area contributed by atoms with Gasteiger partial charge in [0.2, 0.25) is 5.89 Å². The van der Waals surface area contributed by atoms with Gasteiger partial charge in [0, 0.05) is 17.5 Å². The van der Waals surface area contributed by atoms with E-state index in [0.29, 0.717) is 18.4 Å². The summed E-state index contributed by atoms with van der Waals surface area (Å²) in [5, 5.41) is 4.80. The van der Waals surface area contributed by atoms with Crippen LogP contribution in [0.15, 0.2) is 28.8 Å². The molecule has 0 aliphatic heterocycles. The molecule has 5 heteroatoms. The lowest BCUT2D eigenvalue weighted by molar-refractivity contribution is 0.216. The molecule has 0 spiro atoms. The largest absolute Gasteiger partial charge is 0.338 e. The minimum absolute atomic E-state index is 0.180. The summed E-state index contributed by atoms with van der Waals surface area (Å²) >= 11 is 6.25. The molecule has 1 unspecified atom stereocenters. The summed E-state index contributed by atoms with van der Waals surface area (Å²) in [4.78, 5) is 6.58. The summed E-state index contributed by atoms with van der Waals surface area (Å²) in [6.07, 6.45) is 0.841. The molecule has 0 amide bonds. The highest BCUT2D eigenvalue weighted by molar-refractivity contribution is 6.31. The standard InChI is InChI=1S/C16H22ClN3O/c1-11(2)9-15-18-16(21-19-15)10-20(4)12(3)13-7-5-6-8-14(13)17/h5-8,11-12H,9-10H2,1-4H3. The van der Waals surface area contributed by atoms with Crippen LogP contribution in [0.4, 0.5) is 0 Å². The van der Waals surface area contributed by atoms with Gasteiger partial charge in [-0.2, -0.15) is 4.98 Å². The third kappa shape index (κ3) is 4.29. The number of nitrogens with zero attached hydrogens (tertiary/aromatic N) is 3. The van der Waals surface area contributed by atoms with Gasteiger partial charge in [0.1, 0.15) is 0 Å². The molecular weight excluding hydrogens is 286 g/mol. The number of rotatable bonds is 6. The highest BCUT2D eigenvalue weighted by Crippen LogP contribution is 2.26. The summed E-state index contributed by atoms with van der Waals surface area (Å²) in [5.74, 6) is 1.95. The minimum atomic E-state index is 0.180. The van der Waals surface area contributed by atoms with E-state index in [1.807, 2.05) is 31.3 Å². The molecule has 0 fully saturated rings. The van der Waals surface area contributed by atoms with Gasteiger partial charge < -0.3 is 4.52 Å². The summed E-state index contributed by atoms with van der Waals surface area (Å²) in [5.41, 5.74) is 1.10. The lowest BCUT2D eigenvalue weighted by Gasteiger charge is -2.24. The average Bonchev–Trinajstić information content (AvgIpc) is 2.84. The molecule has 0 aliphatic rings. The number of hydrogen-bond acceptors (Lipinski definition) is 4. The van der Waals surface area contributed by atoms with Gasteiger partial charge in [-0.3, -0.25) is 4.90 Å². The van der Waals surface area contributed by atoms with Crippen LogP contribution in [0.2, 0.25) is 5.02 Å². The van der Waals surface area contributed by atoms with Crippen LogP contribution < -0.4 is 0 Å². The summed E-state index contributed by atoms with van der Waals surface area (Å²) in [6.45, 7) is 7.01. The third-order valence-corrected chi connectivity index (χ3v) is 3.85. The molecule has 0 aliphatic carbocycles. The first-order valence-corrected chi connectivity index (χ1v) is 7.61. The van der Waals surface area contributed by atoms with Gasteiger partial charge in [0.15, 0.2) is 5.82 Å². The van der Waals surface area contributed by atoms with Gasteiger partial charge in [-0.05, 0) is 31.5 Å². The monoisotopic (exact) mass is 307 g/mol. The van der Waals surface area contributed by atoms with E-state index in [2.05, 4.69) is 35.8 Å². The van der Waals surface area contributed by atoms with Crippen molar-refractivity contribution in [1.82, 2.24) is 15.0 Å². The Labute approximate surface area is 131 Å². The predicted octanol–water partition coefficient (Wildman–Crippen LogP) is 4.11. The molecule has 0 N–H and O–H groups in total. The maximum absolute atomic E-state index is 6.25. The SMILES string of the molecule is CC(C)Cc1noc(CN(C)C(C)c2ccccc2Cl)n1. The van der Waals surface area contributed by atoms with Gasteiger partial charge in [-0.15, -0.1) is 0 Å². The molecular formula is C16H22ClN3O. The second-order valence-corrected chi connectivity index (χ2v) is 6.22. The first-order valence-electron chi connectivity index (χ1n) is 7.23. The Kier molecular flexibility index (Phi) is 5.37. The topological polar surface area (TPSA) is 42.2 Å². The van der Waals surface area contributed by atoms with E-state index in [-0.39, 0.29) is 6.04 Å². The van der Waals surface area contributed by atoms with Crippen molar-refractivity contribution in [3.05, 3.63) is 46.6 Å². The van der Waals surface area contributed by atoms with Crippen molar-refractivity contribution in [3.63, 3.8) is 0 Å². The second kappa shape index (κ2) is 7.05. The van der Waals surface area contributed by atoms with Crippen LogP contribution >= 0.6 is 11.6 Å². The Morgan fingerprint density at radius 1 is 1.24 bits per heavy atom. The fourth-order valence-electron chi connectivity index (χ4n) is 2.20. The van der Waals surface area contributed by atoms with Crippen molar-refractivity contribution in [1.29, 1.82) is 0 Å². The Bertz CT molecular complexity index is 582. The molecule has 1 atom stereocenters. The molecule has 4 nitrogen and oxygen atoms in total. The summed E-state index contributed by atoms with van der Waals surface area (Å²) < 4.78 is 5.32. The third-order valence-electron chi connectivity index (χ3n) is 3.50. The van der Waals surface area contributed by atoms with E-state index in [1.165, 1.54) is 0 Å². The second-order valence-electron chi connectivity index (χ2n) is 5.81. The molecule has 114 valence electrons. The van der Waals surface area contributed by atoms with E-state index in [0.717, 1.165) is 22.8 Å².